The number of rotatable bonds is 4. The highest BCUT2D eigenvalue weighted by Gasteiger charge is 1.88. The highest BCUT2D eigenvalue weighted by atomic mass is 32.2. The van der Waals surface area contributed by atoms with Gasteiger partial charge in [-0.3, -0.25) is 5.41 Å². The number of nitrogens with one attached hydrogen (secondary N) is 1. The van der Waals surface area contributed by atoms with Crippen molar-refractivity contribution in [2.75, 3.05) is 12.5 Å². The molecule has 0 aliphatic heterocycles. The van der Waals surface area contributed by atoms with E-state index in [0.29, 0.717) is 5.94 Å². The Balaban J connectivity index is 2.83. The molecule has 0 atom stereocenters. The van der Waals surface area contributed by atoms with Crippen molar-refractivity contribution in [3.63, 3.8) is 0 Å². The smallest absolute Gasteiger partial charge is 0.153 e. The van der Waals surface area contributed by atoms with Crippen LogP contribution in [0, 0.1) is 5.41 Å². The molecule has 0 aliphatic rings. The molecule has 0 saturated carbocycles. The van der Waals surface area contributed by atoms with Gasteiger partial charge in [-0.2, -0.15) is 0 Å². The lowest BCUT2D eigenvalue weighted by atomic mass is 10.5. The van der Waals surface area contributed by atoms with Gasteiger partial charge in [0.25, 0.3) is 0 Å². The summed E-state index contributed by atoms with van der Waals surface area (Å²) in [5.74, 6) is 0.503. The van der Waals surface area contributed by atoms with Crippen LogP contribution < -0.4 is 5.73 Å². The average Bonchev–Trinajstić information content (AvgIpc) is 1.80. The van der Waals surface area contributed by atoms with Crippen molar-refractivity contribution in [3.8, 4) is 0 Å². The van der Waals surface area contributed by atoms with Crippen LogP contribution in [-0.2, 0) is 4.74 Å². The van der Waals surface area contributed by atoms with E-state index in [4.69, 9.17) is 15.9 Å². The standard InChI is InChI=1S/C5H12N2OS/c1-2-3-8-4-9-5(6)7/h2-4H2,1H3,(H3,6,7). The molecule has 0 radical (unpaired) electrons. The Hall–Kier alpha value is -0.220. The van der Waals surface area contributed by atoms with Gasteiger partial charge in [0, 0.05) is 6.61 Å². The first-order valence-electron chi connectivity index (χ1n) is 2.82. The van der Waals surface area contributed by atoms with Crippen LogP contribution in [0.5, 0.6) is 0 Å². The molecule has 0 heterocycles. The minimum atomic E-state index is 0.117. The summed E-state index contributed by atoms with van der Waals surface area (Å²) in [6, 6.07) is 0. The van der Waals surface area contributed by atoms with Crippen LogP contribution in [0.15, 0.2) is 0 Å². The van der Waals surface area contributed by atoms with E-state index in [9.17, 15) is 0 Å². The van der Waals surface area contributed by atoms with Crippen LogP contribution in [0.25, 0.3) is 0 Å². The molecule has 54 valence electrons. The second-order valence-corrected chi connectivity index (χ2v) is 2.50. The van der Waals surface area contributed by atoms with E-state index in [1.165, 1.54) is 11.8 Å². The van der Waals surface area contributed by atoms with E-state index >= 15 is 0 Å². The highest BCUT2D eigenvalue weighted by Crippen LogP contribution is 1.97. The summed E-state index contributed by atoms with van der Waals surface area (Å²) in [6.07, 6.45) is 1.01. The van der Waals surface area contributed by atoms with Crippen molar-refractivity contribution in [1.82, 2.24) is 0 Å². The second-order valence-electron chi connectivity index (χ2n) is 1.53. The zero-order valence-corrected chi connectivity index (χ0v) is 6.33. The first-order chi connectivity index (χ1) is 4.27. The predicted octanol–water partition coefficient (Wildman–Crippen LogP) is 0.997. The average molecular weight is 148 g/mol. The van der Waals surface area contributed by atoms with Gasteiger partial charge in [0.05, 0.1) is 5.94 Å². The van der Waals surface area contributed by atoms with Crippen molar-refractivity contribution in [3.05, 3.63) is 0 Å². The number of amidine groups is 1. The fourth-order valence-electron chi connectivity index (χ4n) is 0.308. The number of hydrogen-bond acceptors (Lipinski definition) is 3. The zero-order valence-electron chi connectivity index (χ0n) is 5.52. The molecule has 3 N–H and O–H groups in total. The van der Waals surface area contributed by atoms with Crippen LogP contribution in [0.1, 0.15) is 13.3 Å². The van der Waals surface area contributed by atoms with Crippen LogP contribution in [0.2, 0.25) is 0 Å². The zero-order chi connectivity index (χ0) is 7.11. The van der Waals surface area contributed by atoms with Gasteiger partial charge in [-0.05, 0) is 6.42 Å². The van der Waals surface area contributed by atoms with Crippen molar-refractivity contribution < 1.29 is 4.74 Å². The maximum Gasteiger partial charge on any atom is 0.153 e. The van der Waals surface area contributed by atoms with Gasteiger partial charge in [-0.15, -0.1) is 0 Å². The molecule has 0 aromatic rings. The molecule has 0 saturated heterocycles. The molecule has 0 unspecified atom stereocenters. The lowest BCUT2D eigenvalue weighted by Gasteiger charge is -1.98. The molecule has 0 aromatic heterocycles. The summed E-state index contributed by atoms with van der Waals surface area (Å²) in [4.78, 5) is 0. The molecule has 0 fully saturated rings. The van der Waals surface area contributed by atoms with E-state index in [0.717, 1.165) is 13.0 Å². The van der Waals surface area contributed by atoms with Gasteiger partial charge in [0.2, 0.25) is 0 Å². The Morgan fingerprint density at radius 3 is 2.89 bits per heavy atom. The van der Waals surface area contributed by atoms with Gasteiger partial charge in [0.1, 0.15) is 0 Å². The van der Waals surface area contributed by atoms with Gasteiger partial charge < -0.3 is 10.5 Å². The Morgan fingerprint density at radius 1 is 1.78 bits per heavy atom. The minimum Gasteiger partial charge on any atom is -0.379 e. The lowest BCUT2D eigenvalue weighted by Crippen LogP contribution is -2.05. The molecule has 0 aliphatic carbocycles. The molecule has 9 heavy (non-hydrogen) atoms. The van der Waals surface area contributed by atoms with Crippen molar-refractivity contribution in [2.45, 2.75) is 13.3 Å². The number of nitrogens with two attached hydrogens (primary N) is 1. The van der Waals surface area contributed by atoms with Crippen LogP contribution >= 0.6 is 11.8 Å². The predicted molar refractivity (Wildman–Crippen MR) is 40.6 cm³/mol. The minimum absolute atomic E-state index is 0.117. The fraction of sp³-hybridized carbons (Fsp3) is 0.800. The fourth-order valence-corrected chi connectivity index (χ4v) is 0.637. The summed E-state index contributed by atoms with van der Waals surface area (Å²) in [5.41, 5.74) is 5.04. The second kappa shape index (κ2) is 5.91. The van der Waals surface area contributed by atoms with Gasteiger partial charge in [-0.25, -0.2) is 0 Å². The summed E-state index contributed by atoms with van der Waals surface area (Å²) < 4.78 is 5.04. The Kier molecular flexibility index (Phi) is 5.76. The Labute approximate surface area is 59.5 Å². The first-order valence-corrected chi connectivity index (χ1v) is 3.80. The SMILES string of the molecule is CCCOCSC(=N)N. The molecule has 0 rings (SSSR count). The number of hydrogen-bond donors (Lipinski definition) is 2. The highest BCUT2D eigenvalue weighted by molar-refractivity contribution is 8.13. The third kappa shape index (κ3) is 7.78. The maximum atomic E-state index is 6.79. The molecule has 0 spiro atoms. The molecule has 0 amide bonds. The quantitative estimate of drug-likeness (QED) is 0.270. The topological polar surface area (TPSA) is 59.1 Å². The first kappa shape index (κ1) is 8.78. The third-order valence-electron chi connectivity index (χ3n) is 0.646. The largest absolute Gasteiger partial charge is 0.379 e. The van der Waals surface area contributed by atoms with E-state index in [-0.39, 0.29) is 5.17 Å². The van der Waals surface area contributed by atoms with E-state index in [1.54, 1.807) is 0 Å². The van der Waals surface area contributed by atoms with E-state index in [1.807, 2.05) is 6.92 Å². The summed E-state index contributed by atoms with van der Waals surface area (Å²) >= 11 is 1.21. The number of ether oxygens (including phenoxy) is 1. The van der Waals surface area contributed by atoms with Crippen molar-refractivity contribution >= 4 is 16.9 Å². The maximum absolute atomic E-state index is 6.79. The Bertz CT molecular complexity index is 87.0. The monoisotopic (exact) mass is 148 g/mol. The Morgan fingerprint density at radius 2 is 2.44 bits per heavy atom. The summed E-state index contributed by atoms with van der Waals surface area (Å²) in [7, 11) is 0. The molecular weight excluding hydrogens is 136 g/mol. The van der Waals surface area contributed by atoms with Gasteiger partial charge in [0.15, 0.2) is 5.17 Å². The van der Waals surface area contributed by atoms with Crippen molar-refractivity contribution in [1.29, 1.82) is 5.41 Å². The van der Waals surface area contributed by atoms with Crippen LogP contribution in [-0.4, -0.2) is 17.7 Å². The van der Waals surface area contributed by atoms with Crippen LogP contribution in [0.4, 0.5) is 0 Å². The van der Waals surface area contributed by atoms with E-state index in [2.05, 4.69) is 0 Å². The molecule has 4 heteroatoms. The third-order valence-corrected chi connectivity index (χ3v) is 1.24. The molecule has 0 bridgehead atoms. The van der Waals surface area contributed by atoms with Gasteiger partial charge in [-0.1, -0.05) is 18.7 Å². The summed E-state index contributed by atoms with van der Waals surface area (Å²) in [5, 5.41) is 6.91. The molecular formula is C5H12N2OS. The normalized spacial score (nSPS) is 9.44. The van der Waals surface area contributed by atoms with Gasteiger partial charge >= 0.3 is 0 Å². The summed E-state index contributed by atoms with van der Waals surface area (Å²) in [6.45, 7) is 2.79. The van der Waals surface area contributed by atoms with E-state index < -0.39 is 0 Å². The molecule has 3 nitrogen and oxygen atoms in total. The van der Waals surface area contributed by atoms with Crippen LogP contribution in [0.3, 0.4) is 0 Å². The number of thioether (sulfide) groups is 1. The molecule has 0 aromatic carbocycles. The lowest BCUT2D eigenvalue weighted by molar-refractivity contribution is 0.184. The van der Waals surface area contributed by atoms with Crippen molar-refractivity contribution in [2.24, 2.45) is 5.73 Å².